The summed E-state index contributed by atoms with van der Waals surface area (Å²) in [5.74, 6) is 0.877. The van der Waals surface area contributed by atoms with E-state index >= 15 is 0 Å². The molecule has 0 N–H and O–H groups in total. The molecule has 0 aliphatic carbocycles. The van der Waals surface area contributed by atoms with Gasteiger partial charge >= 0.3 is 5.97 Å². The van der Waals surface area contributed by atoms with Crippen molar-refractivity contribution in [1.29, 1.82) is 0 Å². The summed E-state index contributed by atoms with van der Waals surface area (Å²) >= 11 is 0. The standard InChI is InChI=1S/C50H100O2/c1-6-11-16-21-24-26-27-28-29-31-35-40-45-50(44-39-20-15-10-5,49(51)52-46-41-36-32-25-22-17-12-7-2)47-48(42-37-33-19-14-9-4)43-38-34-30-23-18-13-8-3/h48H,6-47H2,1-5H3. The third-order valence-electron chi connectivity index (χ3n) is 12.3. The maximum absolute atomic E-state index is 14.5. The predicted molar refractivity (Wildman–Crippen MR) is 235 cm³/mol. The Balaban J connectivity index is 5.52. The molecule has 0 spiro atoms. The second kappa shape index (κ2) is 41.6. The largest absolute Gasteiger partial charge is 0.465 e. The Morgan fingerprint density at radius 2 is 0.635 bits per heavy atom. The highest BCUT2D eigenvalue weighted by molar-refractivity contribution is 5.76. The van der Waals surface area contributed by atoms with Gasteiger partial charge in [0.05, 0.1) is 12.0 Å². The first kappa shape index (κ1) is 51.5. The molecule has 0 amide bonds. The molecule has 0 heterocycles. The molecule has 0 bridgehead atoms. The zero-order valence-electron chi connectivity index (χ0n) is 37.1. The van der Waals surface area contributed by atoms with E-state index in [0.717, 1.165) is 25.7 Å². The molecule has 52 heavy (non-hydrogen) atoms. The highest BCUT2D eigenvalue weighted by atomic mass is 16.5. The molecule has 312 valence electrons. The van der Waals surface area contributed by atoms with Crippen LogP contribution in [0.4, 0.5) is 0 Å². The monoisotopic (exact) mass is 733 g/mol. The van der Waals surface area contributed by atoms with Crippen molar-refractivity contribution in [2.24, 2.45) is 11.3 Å². The summed E-state index contributed by atoms with van der Waals surface area (Å²) < 4.78 is 6.37. The van der Waals surface area contributed by atoms with E-state index in [4.69, 9.17) is 4.74 Å². The number of unbranched alkanes of at least 4 members (excludes halogenated alkanes) is 31. The third-order valence-corrected chi connectivity index (χ3v) is 12.3. The Morgan fingerprint density at radius 3 is 0.981 bits per heavy atom. The highest BCUT2D eigenvalue weighted by Gasteiger charge is 2.40. The number of hydrogen-bond donors (Lipinski definition) is 0. The molecule has 0 rings (SSSR count). The fourth-order valence-corrected chi connectivity index (χ4v) is 8.69. The normalized spacial score (nSPS) is 13.4. The fourth-order valence-electron chi connectivity index (χ4n) is 8.69. The Morgan fingerprint density at radius 1 is 0.365 bits per heavy atom. The first-order chi connectivity index (χ1) is 25.6. The molecule has 2 heteroatoms. The SMILES string of the molecule is CCCCCCCCCCCCCCC(CCCCCC)(CC(CCCCCCC)CCCCCCCCC)C(=O)OCCCCCCCCCC. The van der Waals surface area contributed by atoms with Crippen molar-refractivity contribution < 1.29 is 9.53 Å². The minimum Gasteiger partial charge on any atom is -0.465 e. The number of hydrogen-bond acceptors (Lipinski definition) is 2. The lowest BCUT2D eigenvalue weighted by Crippen LogP contribution is -2.36. The summed E-state index contributed by atoms with van der Waals surface area (Å²) in [7, 11) is 0. The Kier molecular flexibility index (Phi) is 41.2. The summed E-state index contributed by atoms with van der Waals surface area (Å²) in [6.45, 7) is 12.2. The van der Waals surface area contributed by atoms with E-state index in [1.54, 1.807) is 0 Å². The van der Waals surface area contributed by atoms with E-state index in [0.29, 0.717) is 12.5 Å². The van der Waals surface area contributed by atoms with E-state index in [9.17, 15) is 4.79 Å². The van der Waals surface area contributed by atoms with E-state index in [1.807, 2.05) is 0 Å². The number of carbonyl (C=O) groups excluding carboxylic acids is 1. The van der Waals surface area contributed by atoms with Crippen molar-refractivity contribution in [2.45, 2.75) is 298 Å². The minimum absolute atomic E-state index is 0.200. The molecule has 0 saturated heterocycles. The fraction of sp³-hybridized carbons (Fsp3) is 0.980. The van der Waals surface area contributed by atoms with Crippen LogP contribution in [0.5, 0.6) is 0 Å². The molecule has 0 aromatic carbocycles. The average Bonchev–Trinajstić information content (AvgIpc) is 3.15. The van der Waals surface area contributed by atoms with Crippen LogP contribution in [0.2, 0.25) is 0 Å². The minimum atomic E-state index is -0.262. The number of carbonyl (C=O) groups is 1. The Labute approximate surface area is 330 Å². The van der Waals surface area contributed by atoms with Gasteiger partial charge in [-0.15, -0.1) is 0 Å². The van der Waals surface area contributed by atoms with Crippen LogP contribution >= 0.6 is 0 Å². The van der Waals surface area contributed by atoms with Crippen LogP contribution in [-0.4, -0.2) is 12.6 Å². The van der Waals surface area contributed by atoms with Gasteiger partial charge in [0.25, 0.3) is 0 Å². The van der Waals surface area contributed by atoms with E-state index < -0.39 is 0 Å². The zero-order chi connectivity index (χ0) is 38.1. The van der Waals surface area contributed by atoms with Crippen molar-refractivity contribution >= 4 is 5.97 Å². The van der Waals surface area contributed by atoms with E-state index in [1.165, 1.54) is 238 Å². The van der Waals surface area contributed by atoms with Crippen LogP contribution in [0, 0.1) is 11.3 Å². The second-order valence-electron chi connectivity index (χ2n) is 17.5. The molecular weight excluding hydrogens is 633 g/mol. The van der Waals surface area contributed by atoms with Crippen molar-refractivity contribution in [2.75, 3.05) is 6.61 Å². The first-order valence-corrected chi connectivity index (χ1v) is 24.8. The lowest BCUT2D eigenvalue weighted by molar-refractivity contribution is -0.159. The van der Waals surface area contributed by atoms with Gasteiger partial charge < -0.3 is 4.74 Å². The van der Waals surface area contributed by atoms with E-state index in [-0.39, 0.29) is 11.4 Å². The molecule has 0 radical (unpaired) electrons. The second-order valence-corrected chi connectivity index (χ2v) is 17.5. The zero-order valence-corrected chi connectivity index (χ0v) is 37.1. The quantitative estimate of drug-likeness (QED) is 0.0460. The van der Waals surface area contributed by atoms with Crippen molar-refractivity contribution in [3.63, 3.8) is 0 Å². The summed E-state index contributed by atoms with van der Waals surface area (Å²) in [6.07, 6.45) is 54.1. The van der Waals surface area contributed by atoms with Crippen molar-refractivity contribution in [1.82, 2.24) is 0 Å². The van der Waals surface area contributed by atoms with Crippen molar-refractivity contribution in [3.05, 3.63) is 0 Å². The number of ether oxygens (including phenoxy) is 1. The van der Waals surface area contributed by atoms with Crippen LogP contribution in [0.1, 0.15) is 298 Å². The Bertz CT molecular complexity index is 688. The number of esters is 1. The van der Waals surface area contributed by atoms with Crippen LogP contribution in [0.25, 0.3) is 0 Å². The maximum Gasteiger partial charge on any atom is 0.312 e. The lowest BCUT2D eigenvalue weighted by atomic mass is 9.70. The summed E-state index contributed by atoms with van der Waals surface area (Å²) in [5, 5.41) is 0. The van der Waals surface area contributed by atoms with Gasteiger partial charge in [-0.25, -0.2) is 0 Å². The maximum atomic E-state index is 14.5. The van der Waals surface area contributed by atoms with Gasteiger partial charge in [-0.3, -0.25) is 4.79 Å². The van der Waals surface area contributed by atoms with Crippen LogP contribution in [-0.2, 0) is 9.53 Å². The number of rotatable bonds is 44. The van der Waals surface area contributed by atoms with Crippen LogP contribution in [0.15, 0.2) is 0 Å². The van der Waals surface area contributed by atoms with E-state index in [2.05, 4.69) is 34.6 Å². The van der Waals surface area contributed by atoms with Crippen molar-refractivity contribution in [3.8, 4) is 0 Å². The molecule has 0 aliphatic rings. The third kappa shape index (κ3) is 32.9. The smallest absolute Gasteiger partial charge is 0.312 e. The highest BCUT2D eigenvalue weighted by Crippen LogP contribution is 2.42. The average molecular weight is 733 g/mol. The van der Waals surface area contributed by atoms with Gasteiger partial charge in [0.1, 0.15) is 0 Å². The van der Waals surface area contributed by atoms with Crippen LogP contribution in [0.3, 0.4) is 0 Å². The van der Waals surface area contributed by atoms with Gasteiger partial charge in [0.2, 0.25) is 0 Å². The Hall–Kier alpha value is -0.530. The summed E-state index contributed by atoms with van der Waals surface area (Å²) in [4.78, 5) is 14.5. The molecule has 0 aromatic rings. The molecule has 0 fully saturated rings. The molecule has 0 aromatic heterocycles. The summed E-state index contributed by atoms with van der Waals surface area (Å²) in [5.41, 5.74) is -0.262. The molecule has 2 nitrogen and oxygen atoms in total. The topological polar surface area (TPSA) is 26.3 Å². The summed E-state index contributed by atoms with van der Waals surface area (Å²) in [6, 6.07) is 0. The lowest BCUT2D eigenvalue weighted by Gasteiger charge is -2.36. The van der Waals surface area contributed by atoms with Crippen LogP contribution < -0.4 is 0 Å². The molecule has 0 saturated carbocycles. The molecule has 0 aliphatic heterocycles. The van der Waals surface area contributed by atoms with Gasteiger partial charge in [-0.1, -0.05) is 272 Å². The van der Waals surface area contributed by atoms with Gasteiger partial charge in [0, 0.05) is 0 Å². The van der Waals surface area contributed by atoms with Gasteiger partial charge in [-0.05, 0) is 31.6 Å². The molecule has 2 unspecified atom stereocenters. The van der Waals surface area contributed by atoms with Gasteiger partial charge in [-0.2, -0.15) is 0 Å². The molecule has 2 atom stereocenters. The predicted octanol–water partition coefficient (Wildman–Crippen LogP) is 18.2. The first-order valence-electron chi connectivity index (χ1n) is 24.8. The molecular formula is C50H100O2. The van der Waals surface area contributed by atoms with Gasteiger partial charge in [0.15, 0.2) is 0 Å².